The minimum Gasteiger partial charge on any atom is -0.387 e. The molecule has 1 aliphatic rings. The van der Waals surface area contributed by atoms with Crippen molar-refractivity contribution >= 4 is 23.2 Å². The van der Waals surface area contributed by atoms with Crippen molar-refractivity contribution < 1.29 is 0 Å². The summed E-state index contributed by atoms with van der Waals surface area (Å²) in [6.07, 6.45) is 0. The molecule has 0 amide bonds. The maximum atomic E-state index is 8.35. The smallest absolute Gasteiger partial charge is 0.0784 e. The topological polar surface area (TPSA) is 35.9 Å². The van der Waals surface area contributed by atoms with Gasteiger partial charge in [0.2, 0.25) is 0 Å². The third-order valence-corrected chi connectivity index (χ3v) is 4.32. The molecule has 94 valence electrons. The molecule has 2 aromatic rings. The van der Waals surface area contributed by atoms with Crippen LogP contribution >= 0.6 is 11.8 Å². The van der Waals surface area contributed by atoms with E-state index in [0.29, 0.717) is 5.71 Å². The van der Waals surface area contributed by atoms with E-state index in [0.717, 1.165) is 26.6 Å². The van der Waals surface area contributed by atoms with Crippen molar-refractivity contribution in [3.63, 3.8) is 0 Å². The monoisotopic (exact) mass is 266 g/mol. The standard InChI is InChI=1S/C16H14N2S/c1-18-15(11-7-3-2-4-8-11)16-14(17)12-9-5-6-10-13(12)19-16/h2-10,17-18H,1H3/b16-15+,17-14?. The predicted octanol–water partition coefficient (Wildman–Crippen LogP) is 3.75. The molecule has 1 heterocycles. The molecule has 0 radical (unpaired) electrons. The van der Waals surface area contributed by atoms with Crippen LogP contribution in [0.15, 0.2) is 64.4 Å². The van der Waals surface area contributed by atoms with Gasteiger partial charge in [-0.3, -0.25) is 5.41 Å². The van der Waals surface area contributed by atoms with Crippen molar-refractivity contribution in [2.75, 3.05) is 7.05 Å². The highest BCUT2D eigenvalue weighted by Gasteiger charge is 2.25. The number of nitrogens with one attached hydrogen (secondary N) is 2. The Balaban J connectivity index is 2.12. The zero-order chi connectivity index (χ0) is 13.2. The molecule has 3 rings (SSSR count). The maximum Gasteiger partial charge on any atom is 0.0784 e. The zero-order valence-electron chi connectivity index (χ0n) is 10.6. The number of benzene rings is 2. The van der Waals surface area contributed by atoms with Crippen molar-refractivity contribution in [1.29, 1.82) is 5.41 Å². The van der Waals surface area contributed by atoms with E-state index in [1.54, 1.807) is 11.8 Å². The Labute approximate surface area is 117 Å². The van der Waals surface area contributed by atoms with Gasteiger partial charge in [0.05, 0.1) is 16.3 Å². The quantitative estimate of drug-likeness (QED) is 0.868. The summed E-state index contributed by atoms with van der Waals surface area (Å²) in [5, 5.41) is 11.6. The van der Waals surface area contributed by atoms with E-state index in [9.17, 15) is 0 Å². The molecule has 2 nitrogen and oxygen atoms in total. The number of allylic oxidation sites excluding steroid dienone is 1. The largest absolute Gasteiger partial charge is 0.387 e. The zero-order valence-corrected chi connectivity index (χ0v) is 11.4. The Morgan fingerprint density at radius 3 is 2.37 bits per heavy atom. The Kier molecular flexibility index (Phi) is 3.13. The first-order chi connectivity index (χ1) is 9.31. The Bertz CT molecular complexity index is 659. The number of thioether (sulfide) groups is 1. The molecule has 0 saturated carbocycles. The second kappa shape index (κ2) is 4.94. The van der Waals surface area contributed by atoms with E-state index in [2.05, 4.69) is 23.5 Å². The van der Waals surface area contributed by atoms with Gasteiger partial charge in [0.15, 0.2) is 0 Å². The second-order valence-corrected chi connectivity index (χ2v) is 5.35. The summed E-state index contributed by atoms with van der Waals surface area (Å²) in [6.45, 7) is 0. The molecule has 1 aliphatic heterocycles. The molecule has 0 aliphatic carbocycles. The van der Waals surface area contributed by atoms with Gasteiger partial charge in [-0.15, -0.1) is 0 Å². The van der Waals surface area contributed by atoms with Gasteiger partial charge >= 0.3 is 0 Å². The molecular weight excluding hydrogens is 252 g/mol. The molecule has 3 heteroatoms. The molecule has 2 N–H and O–H groups in total. The van der Waals surface area contributed by atoms with E-state index in [1.807, 2.05) is 43.4 Å². The van der Waals surface area contributed by atoms with Crippen molar-refractivity contribution in [3.8, 4) is 0 Å². The number of fused-ring (bicyclic) bond motifs is 1. The van der Waals surface area contributed by atoms with E-state index >= 15 is 0 Å². The van der Waals surface area contributed by atoms with Gasteiger partial charge in [-0.2, -0.15) is 0 Å². The molecule has 0 unspecified atom stereocenters. The summed E-state index contributed by atoms with van der Waals surface area (Å²) in [5.74, 6) is 0. The average molecular weight is 266 g/mol. The molecular formula is C16H14N2S. The van der Waals surface area contributed by atoms with Crippen LogP contribution < -0.4 is 5.32 Å². The molecule has 0 atom stereocenters. The van der Waals surface area contributed by atoms with Crippen molar-refractivity contribution in [2.45, 2.75) is 4.90 Å². The Morgan fingerprint density at radius 1 is 1.00 bits per heavy atom. The minimum atomic E-state index is 0.605. The normalized spacial score (nSPS) is 16.2. The van der Waals surface area contributed by atoms with Crippen LogP contribution in [-0.2, 0) is 0 Å². The van der Waals surface area contributed by atoms with Crippen LogP contribution in [0.25, 0.3) is 5.70 Å². The van der Waals surface area contributed by atoms with Gasteiger partial charge < -0.3 is 5.32 Å². The van der Waals surface area contributed by atoms with Gasteiger partial charge in [0.25, 0.3) is 0 Å². The maximum absolute atomic E-state index is 8.35. The molecule has 0 fully saturated rings. The minimum absolute atomic E-state index is 0.605. The molecule has 2 aromatic carbocycles. The summed E-state index contributed by atoms with van der Waals surface area (Å²) < 4.78 is 0. The number of hydrogen-bond donors (Lipinski definition) is 2. The third kappa shape index (κ3) is 2.06. The molecule has 0 saturated heterocycles. The summed E-state index contributed by atoms with van der Waals surface area (Å²) in [7, 11) is 1.91. The highest BCUT2D eigenvalue weighted by atomic mass is 32.2. The van der Waals surface area contributed by atoms with Crippen LogP contribution in [0.1, 0.15) is 11.1 Å². The van der Waals surface area contributed by atoms with E-state index in [1.165, 1.54) is 0 Å². The summed E-state index contributed by atoms with van der Waals surface area (Å²) in [4.78, 5) is 2.15. The lowest BCUT2D eigenvalue weighted by Gasteiger charge is -2.10. The second-order valence-electron chi connectivity index (χ2n) is 4.29. The first kappa shape index (κ1) is 12.1. The first-order valence-corrected chi connectivity index (χ1v) is 6.96. The Hall–Kier alpha value is -2.00. The number of rotatable bonds is 2. The highest BCUT2D eigenvalue weighted by Crippen LogP contribution is 2.42. The van der Waals surface area contributed by atoms with Crippen LogP contribution in [0.4, 0.5) is 0 Å². The fraction of sp³-hybridized carbons (Fsp3) is 0.0625. The molecule has 0 aromatic heterocycles. The summed E-state index contributed by atoms with van der Waals surface area (Å²) in [5.41, 5.74) is 3.76. The Morgan fingerprint density at radius 2 is 1.68 bits per heavy atom. The van der Waals surface area contributed by atoms with Crippen molar-refractivity contribution in [3.05, 3.63) is 70.6 Å². The van der Waals surface area contributed by atoms with Crippen molar-refractivity contribution in [1.82, 2.24) is 5.32 Å². The van der Waals surface area contributed by atoms with E-state index in [-0.39, 0.29) is 0 Å². The highest BCUT2D eigenvalue weighted by molar-refractivity contribution is 8.05. The van der Waals surface area contributed by atoms with Gasteiger partial charge in [-0.05, 0) is 11.6 Å². The van der Waals surface area contributed by atoms with Crippen LogP contribution in [0.2, 0.25) is 0 Å². The van der Waals surface area contributed by atoms with Gasteiger partial charge in [0.1, 0.15) is 0 Å². The van der Waals surface area contributed by atoms with Crippen LogP contribution in [0, 0.1) is 5.41 Å². The van der Waals surface area contributed by atoms with Gasteiger partial charge in [-0.1, -0.05) is 60.3 Å². The summed E-state index contributed by atoms with van der Waals surface area (Å²) >= 11 is 1.66. The first-order valence-electron chi connectivity index (χ1n) is 6.15. The lowest BCUT2D eigenvalue weighted by molar-refractivity contribution is 1.13. The fourth-order valence-electron chi connectivity index (χ4n) is 2.22. The van der Waals surface area contributed by atoms with Gasteiger partial charge in [0, 0.05) is 17.5 Å². The SMILES string of the molecule is CN/C(=C1/Sc2ccccc2C1=N)c1ccccc1. The fourth-order valence-corrected chi connectivity index (χ4v) is 3.40. The van der Waals surface area contributed by atoms with Crippen molar-refractivity contribution in [2.24, 2.45) is 0 Å². The number of hydrogen-bond acceptors (Lipinski definition) is 3. The molecule has 0 bridgehead atoms. The average Bonchev–Trinajstić information content (AvgIpc) is 2.79. The van der Waals surface area contributed by atoms with Crippen LogP contribution in [0.3, 0.4) is 0 Å². The van der Waals surface area contributed by atoms with E-state index in [4.69, 9.17) is 5.41 Å². The molecule has 19 heavy (non-hydrogen) atoms. The summed E-state index contributed by atoms with van der Waals surface area (Å²) in [6, 6.07) is 18.2. The lowest BCUT2D eigenvalue weighted by atomic mass is 10.1. The lowest BCUT2D eigenvalue weighted by Crippen LogP contribution is -2.09. The van der Waals surface area contributed by atoms with Gasteiger partial charge in [-0.25, -0.2) is 0 Å². The van der Waals surface area contributed by atoms with Crippen LogP contribution in [-0.4, -0.2) is 12.8 Å². The van der Waals surface area contributed by atoms with E-state index < -0.39 is 0 Å². The molecule has 0 spiro atoms. The van der Waals surface area contributed by atoms with Crippen LogP contribution in [0.5, 0.6) is 0 Å². The predicted molar refractivity (Wildman–Crippen MR) is 81.5 cm³/mol. The third-order valence-electron chi connectivity index (χ3n) is 3.14.